The number of phosphoric ester groups is 1. The lowest BCUT2D eigenvalue weighted by atomic mass is 10.1. The van der Waals surface area contributed by atoms with E-state index in [-0.39, 0.29) is 19.3 Å². The fourth-order valence-electron chi connectivity index (χ4n) is 6.95. The summed E-state index contributed by atoms with van der Waals surface area (Å²) in [5, 5.41) is 9.83. The summed E-state index contributed by atoms with van der Waals surface area (Å²) in [7, 11) is -4.81. The zero-order valence-corrected chi connectivity index (χ0v) is 50.1. The first-order valence-electron chi connectivity index (χ1n) is 29.7. The highest BCUT2D eigenvalue weighted by atomic mass is 31.2. The number of esters is 3. The summed E-state index contributed by atoms with van der Waals surface area (Å²) in [5.74, 6) is -1.72. The second-order valence-electron chi connectivity index (χ2n) is 18.7. The van der Waals surface area contributed by atoms with E-state index in [9.17, 15) is 28.9 Å². The van der Waals surface area contributed by atoms with Gasteiger partial charge in [0, 0.05) is 12.8 Å². The highest BCUT2D eigenvalue weighted by Gasteiger charge is 2.28. The number of carbonyl (C=O) groups excluding carboxylic acids is 3. The lowest BCUT2D eigenvalue weighted by molar-refractivity contribution is -0.161. The summed E-state index contributed by atoms with van der Waals surface area (Å²) in [5.41, 5.74) is 0. The van der Waals surface area contributed by atoms with Crippen molar-refractivity contribution in [2.75, 3.05) is 26.4 Å². The number of hydrogen-bond acceptors (Lipinski definition) is 10. The number of carbonyl (C=O) groups is 3. The van der Waals surface area contributed by atoms with Crippen LogP contribution in [0.3, 0.4) is 0 Å². The zero-order chi connectivity index (χ0) is 58.3. The minimum Gasteiger partial charge on any atom is -0.461 e. The third kappa shape index (κ3) is 57.3. The van der Waals surface area contributed by atoms with Crippen LogP contribution >= 0.6 is 7.82 Å². The van der Waals surface area contributed by atoms with Gasteiger partial charge in [-0.3, -0.25) is 23.4 Å². The van der Waals surface area contributed by atoms with Gasteiger partial charge in [0.05, 0.1) is 26.2 Å². The lowest BCUT2D eigenvalue weighted by Crippen LogP contribution is -2.30. The van der Waals surface area contributed by atoms with Gasteiger partial charge in [0.2, 0.25) is 0 Å². The Bertz CT molecular complexity index is 2040. The van der Waals surface area contributed by atoms with Crippen LogP contribution in [-0.2, 0) is 42.2 Å². The standard InChI is InChI=1S/C68H103O11P/c1-4-7-10-13-16-19-22-25-28-30-32-34-37-40-43-46-49-52-55-58-67(71)78-64(60-69)62-76-80(73,74)77-63-65(61-75-66(70)57-54-51-48-45-42-39-36-27-24-21-18-15-12-9-6-3)79-68(72)59-56-53-50-47-44-41-38-35-33-31-29-26-23-20-17-14-11-8-5-2/h7-12,16-21,25-29,32-36,40-45,51,54,64-65,69H,4-6,13-15,22-24,30-31,37-39,46-50,52-53,55-63H2,1-3H3,(H,73,74)/b10-7-,11-8-,12-9-,19-16-,20-17-,21-18-,28-25-,29-26-,34-32-,35-33-,36-27-,43-40-,44-41-,45-42-,54-51-. The van der Waals surface area contributed by atoms with Gasteiger partial charge in [0.1, 0.15) is 12.7 Å². The van der Waals surface area contributed by atoms with Crippen LogP contribution in [0.5, 0.6) is 0 Å². The Balaban J connectivity index is 4.92. The summed E-state index contributed by atoms with van der Waals surface area (Å²) in [4.78, 5) is 48.6. The van der Waals surface area contributed by atoms with Crippen molar-refractivity contribution in [3.8, 4) is 0 Å². The van der Waals surface area contributed by atoms with Crippen LogP contribution in [0.1, 0.15) is 188 Å². The molecule has 0 heterocycles. The van der Waals surface area contributed by atoms with Crippen molar-refractivity contribution in [1.82, 2.24) is 0 Å². The number of aliphatic hydroxyl groups is 1. The lowest BCUT2D eigenvalue weighted by Gasteiger charge is -2.21. The first-order chi connectivity index (χ1) is 39.2. The Kier molecular flexibility index (Phi) is 55.7. The van der Waals surface area contributed by atoms with Gasteiger partial charge in [-0.2, -0.15) is 0 Å². The molecule has 0 aromatic heterocycles. The molecule has 0 aliphatic rings. The second-order valence-corrected chi connectivity index (χ2v) is 20.1. The predicted octanol–water partition coefficient (Wildman–Crippen LogP) is 18.0. The van der Waals surface area contributed by atoms with E-state index in [1.54, 1.807) is 6.08 Å². The fourth-order valence-corrected chi connectivity index (χ4v) is 7.73. The minimum absolute atomic E-state index is 0.0269. The van der Waals surface area contributed by atoms with E-state index in [2.05, 4.69) is 185 Å². The number of aliphatic hydroxyl groups excluding tert-OH is 1. The van der Waals surface area contributed by atoms with Gasteiger partial charge in [-0.1, -0.05) is 216 Å². The summed E-state index contributed by atoms with van der Waals surface area (Å²) < 4.78 is 39.4. The molecule has 12 heteroatoms. The second kappa shape index (κ2) is 59.7. The first-order valence-corrected chi connectivity index (χ1v) is 31.2. The van der Waals surface area contributed by atoms with Crippen molar-refractivity contribution in [2.24, 2.45) is 0 Å². The molecular formula is C68H103O11P. The Morgan fingerprint density at radius 3 is 0.975 bits per heavy atom. The fraction of sp³-hybridized carbons (Fsp3) is 0.515. The number of hydrogen-bond donors (Lipinski definition) is 2. The maximum Gasteiger partial charge on any atom is 0.472 e. The van der Waals surface area contributed by atoms with E-state index in [1.807, 2.05) is 12.2 Å². The van der Waals surface area contributed by atoms with E-state index in [0.29, 0.717) is 19.3 Å². The minimum atomic E-state index is -4.81. The van der Waals surface area contributed by atoms with Gasteiger partial charge in [-0.25, -0.2) is 4.57 Å². The van der Waals surface area contributed by atoms with Gasteiger partial charge in [0.15, 0.2) is 6.10 Å². The SMILES string of the molecule is CC/C=C\C/C=C\C/C=C\C/C=C\C/C=C\CCCCCC(=O)OC(CO)COP(=O)(O)OCC(COC(=O)C/C=C\C/C=C\C/C=C\C/C=C\C/C=C\CC)OC(=O)CCCCC/C=C\C/C=C\C/C=C\C/C=C\C/C=C\CC. The van der Waals surface area contributed by atoms with Gasteiger partial charge < -0.3 is 24.2 Å². The van der Waals surface area contributed by atoms with E-state index < -0.39 is 64.4 Å². The third-order valence-electron chi connectivity index (χ3n) is 11.3. The molecule has 0 saturated carbocycles. The largest absolute Gasteiger partial charge is 0.472 e. The molecule has 11 nitrogen and oxygen atoms in total. The average molecular weight is 1130 g/mol. The Labute approximate surface area is 484 Å². The molecule has 2 N–H and O–H groups in total. The maximum atomic E-state index is 12.9. The van der Waals surface area contributed by atoms with Crippen LogP contribution < -0.4 is 0 Å². The Morgan fingerprint density at radius 1 is 0.362 bits per heavy atom. The van der Waals surface area contributed by atoms with E-state index in [1.165, 1.54) is 0 Å². The molecule has 0 bridgehead atoms. The molecule has 0 aliphatic carbocycles. The van der Waals surface area contributed by atoms with Crippen molar-refractivity contribution < 1.29 is 52.2 Å². The molecule has 446 valence electrons. The van der Waals surface area contributed by atoms with Gasteiger partial charge >= 0.3 is 25.7 Å². The van der Waals surface area contributed by atoms with Crippen molar-refractivity contribution >= 4 is 25.7 Å². The summed E-state index contributed by atoms with van der Waals surface area (Å²) >= 11 is 0. The molecule has 0 radical (unpaired) electrons. The molecule has 0 aliphatic heterocycles. The molecule has 0 saturated heterocycles. The van der Waals surface area contributed by atoms with Crippen LogP contribution in [0.15, 0.2) is 182 Å². The molecule has 80 heavy (non-hydrogen) atoms. The molecular weight excluding hydrogens is 1020 g/mol. The Morgan fingerprint density at radius 2 is 0.650 bits per heavy atom. The van der Waals surface area contributed by atoms with Crippen LogP contribution in [0.25, 0.3) is 0 Å². The topological polar surface area (TPSA) is 155 Å². The quantitative estimate of drug-likeness (QED) is 0.0197. The number of allylic oxidation sites excluding steroid dienone is 29. The smallest absolute Gasteiger partial charge is 0.461 e. The van der Waals surface area contributed by atoms with E-state index >= 15 is 0 Å². The van der Waals surface area contributed by atoms with Crippen molar-refractivity contribution in [1.29, 1.82) is 0 Å². The number of phosphoric acid groups is 1. The molecule has 0 aromatic carbocycles. The van der Waals surface area contributed by atoms with Crippen LogP contribution in [0.4, 0.5) is 0 Å². The van der Waals surface area contributed by atoms with Crippen LogP contribution in [0, 0.1) is 0 Å². The number of rotatable bonds is 52. The van der Waals surface area contributed by atoms with Gasteiger partial charge in [-0.05, 0) is 135 Å². The molecule has 0 spiro atoms. The number of ether oxygens (including phenoxy) is 3. The van der Waals surface area contributed by atoms with Crippen LogP contribution in [0.2, 0.25) is 0 Å². The van der Waals surface area contributed by atoms with Gasteiger partial charge in [-0.15, -0.1) is 0 Å². The molecule has 3 atom stereocenters. The van der Waals surface area contributed by atoms with Crippen LogP contribution in [-0.4, -0.2) is 66.5 Å². The molecule has 0 aromatic rings. The zero-order valence-electron chi connectivity index (χ0n) is 49.2. The van der Waals surface area contributed by atoms with E-state index in [0.717, 1.165) is 128 Å². The molecule has 0 fully saturated rings. The highest BCUT2D eigenvalue weighted by Crippen LogP contribution is 2.43. The third-order valence-corrected chi connectivity index (χ3v) is 12.3. The molecule has 3 unspecified atom stereocenters. The average Bonchev–Trinajstić information content (AvgIpc) is 3.45. The first kappa shape index (κ1) is 74.6. The van der Waals surface area contributed by atoms with E-state index in [4.69, 9.17) is 23.3 Å². The molecule has 0 amide bonds. The summed E-state index contributed by atoms with van der Waals surface area (Å²) in [6.07, 6.45) is 81.6. The van der Waals surface area contributed by atoms with Crippen molar-refractivity contribution in [3.63, 3.8) is 0 Å². The summed E-state index contributed by atoms with van der Waals surface area (Å²) in [6.45, 7) is 4.08. The predicted molar refractivity (Wildman–Crippen MR) is 334 cm³/mol. The molecule has 0 rings (SSSR count). The monoisotopic (exact) mass is 1130 g/mol. The van der Waals surface area contributed by atoms with Crippen molar-refractivity contribution in [2.45, 2.75) is 200 Å². The van der Waals surface area contributed by atoms with Crippen molar-refractivity contribution in [3.05, 3.63) is 182 Å². The highest BCUT2D eigenvalue weighted by molar-refractivity contribution is 7.47. The summed E-state index contributed by atoms with van der Waals surface area (Å²) in [6, 6.07) is 0. The number of unbranched alkanes of at least 4 members (excludes halogenated alkanes) is 6. The van der Waals surface area contributed by atoms with Gasteiger partial charge in [0.25, 0.3) is 0 Å². The maximum absolute atomic E-state index is 12.9. The normalized spacial score (nSPS) is 14.6. The Hall–Kier alpha value is -5.42.